The summed E-state index contributed by atoms with van der Waals surface area (Å²) < 4.78 is 36.9. The van der Waals surface area contributed by atoms with E-state index in [-0.39, 0.29) is 0 Å². The number of rotatable bonds is 1. The fourth-order valence-electron chi connectivity index (χ4n) is 1.07. The summed E-state index contributed by atoms with van der Waals surface area (Å²) in [7, 11) is -4.94. The van der Waals surface area contributed by atoms with E-state index in [9.17, 15) is 0 Å². The molecule has 2 rings (SSSR count). The summed E-state index contributed by atoms with van der Waals surface area (Å²) in [4.78, 5) is 0. The van der Waals surface area contributed by atoms with E-state index in [4.69, 9.17) is 18.6 Å². The lowest BCUT2D eigenvalue weighted by Gasteiger charge is -2.17. The number of thioether (sulfide) groups is 2. The Balaban J connectivity index is 0.000000221. The van der Waals surface area contributed by atoms with Crippen molar-refractivity contribution in [2.45, 2.75) is 4.71 Å². The van der Waals surface area contributed by atoms with Gasteiger partial charge in [-0.3, -0.25) is 0 Å². The van der Waals surface area contributed by atoms with Gasteiger partial charge in [0.1, 0.15) is 0 Å². The number of halogens is 1. The summed E-state index contributed by atoms with van der Waals surface area (Å²) in [6, 6.07) is 6.22. The Morgan fingerprint density at radius 1 is 0.938 bits per heavy atom. The van der Waals surface area contributed by atoms with Crippen LogP contribution in [-0.4, -0.2) is 11.5 Å². The molecule has 1 fully saturated rings. The predicted molar refractivity (Wildman–Crippen MR) is 50.6 cm³/mol. The van der Waals surface area contributed by atoms with E-state index in [0.29, 0.717) is 4.71 Å². The molecular formula is C8H10ClNO4S2. The minimum atomic E-state index is -4.94. The molecule has 0 radical (unpaired) electrons. The topological polar surface area (TPSA) is 96.1 Å². The van der Waals surface area contributed by atoms with Gasteiger partial charge < -0.3 is 0 Å². The molecule has 2 heterocycles. The lowest BCUT2D eigenvalue weighted by Crippen LogP contribution is -2.68. The fraction of sp³-hybridized carbons (Fsp3) is 0.375. The highest BCUT2D eigenvalue weighted by atomic mass is 35.7. The van der Waals surface area contributed by atoms with Crippen molar-refractivity contribution in [1.82, 2.24) is 0 Å². The van der Waals surface area contributed by atoms with E-state index in [1.807, 2.05) is 23.5 Å². The molecule has 0 amide bonds. The zero-order valence-corrected chi connectivity index (χ0v) is 10.5. The van der Waals surface area contributed by atoms with Crippen LogP contribution in [0.15, 0.2) is 30.6 Å². The van der Waals surface area contributed by atoms with Crippen LogP contribution in [0.4, 0.5) is 0 Å². The largest absolute Gasteiger partial charge is 0.251 e. The number of nitrogens with zero attached hydrogens (tertiary/aromatic N) is 1. The van der Waals surface area contributed by atoms with Crippen molar-refractivity contribution >= 4 is 23.5 Å². The van der Waals surface area contributed by atoms with Crippen LogP contribution in [0.25, 0.3) is 0 Å². The normalized spacial score (nSPS) is 16.8. The molecule has 1 aromatic heterocycles. The lowest BCUT2D eigenvalue weighted by atomic mass is 10.5. The highest BCUT2D eigenvalue weighted by Crippen LogP contribution is 2.36. The third kappa shape index (κ3) is 6.54. The monoisotopic (exact) mass is 283 g/mol. The van der Waals surface area contributed by atoms with E-state index in [0.717, 1.165) is 0 Å². The second-order valence-electron chi connectivity index (χ2n) is 2.75. The van der Waals surface area contributed by atoms with Crippen molar-refractivity contribution in [3.63, 3.8) is 0 Å². The molecule has 90 valence electrons. The molecule has 1 aliphatic heterocycles. The van der Waals surface area contributed by atoms with Gasteiger partial charge in [0.05, 0.1) is 0 Å². The summed E-state index contributed by atoms with van der Waals surface area (Å²) in [5.74, 6) is 2.58. The van der Waals surface area contributed by atoms with Crippen molar-refractivity contribution in [2.24, 2.45) is 0 Å². The summed E-state index contributed by atoms with van der Waals surface area (Å²) >= 11 is 4.04. The standard InChI is InChI=1S/C8H10NS2.ClHO4/c1-2-4-9(5-3-1)8-10-6-7-11-8;2-1(3,4)5/h1-5,8H,6-7H2;(H,2,3,4,5)/q+1;/p-1. The van der Waals surface area contributed by atoms with Gasteiger partial charge in [0.2, 0.25) is 0 Å². The van der Waals surface area contributed by atoms with Crippen LogP contribution >= 0.6 is 23.5 Å². The molecule has 0 bridgehead atoms. The van der Waals surface area contributed by atoms with Gasteiger partial charge in [0.25, 0.3) is 4.71 Å². The quantitative estimate of drug-likeness (QED) is 0.515. The smallest absolute Gasteiger partial charge is 0.222 e. The van der Waals surface area contributed by atoms with Gasteiger partial charge in [-0.05, 0) is 0 Å². The van der Waals surface area contributed by atoms with E-state index in [2.05, 4.69) is 35.2 Å². The van der Waals surface area contributed by atoms with Gasteiger partial charge in [0.15, 0.2) is 12.4 Å². The summed E-state index contributed by atoms with van der Waals surface area (Å²) in [6.45, 7) is 0. The van der Waals surface area contributed by atoms with Crippen LogP contribution in [0.3, 0.4) is 0 Å². The van der Waals surface area contributed by atoms with Gasteiger partial charge in [0, 0.05) is 23.6 Å². The lowest BCUT2D eigenvalue weighted by molar-refractivity contribution is -2.00. The van der Waals surface area contributed by atoms with Gasteiger partial charge >= 0.3 is 0 Å². The molecule has 8 heteroatoms. The summed E-state index contributed by atoms with van der Waals surface area (Å²) in [5.41, 5.74) is 0. The highest BCUT2D eigenvalue weighted by molar-refractivity contribution is 8.18. The third-order valence-corrected chi connectivity index (χ3v) is 4.60. The Labute approximate surface area is 104 Å². The first kappa shape index (κ1) is 14.0. The Kier molecular flexibility index (Phi) is 5.84. The van der Waals surface area contributed by atoms with Crippen LogP contribution in [0.5, 0.6) is 0 Å². The molecular weight excluding hydrogens is 274 g/mol. The second kappa shape index (κ2) is 6.65. The highest BCUT2D eigenvalue weighted by Gasteiger charge is 2.23. The first-order chi connectivity index (χ1) is 7.47. The second-order valence-corrected chi connectivity index (χ2v) is 6.18. The van der Waals surface area contributed by atoms with Crippen molar-refractivity contribution in [1.29, 1.82) is 0 Å². The molecule has 1 saturated heterocycles. The molecule has 0 aromatic carbocycles. The molecule has 16 heavy (non-hydrogen) atoms. The Hall–Kier alpha value is -0.0200. The van der Waals surface area contributed by atoms with Crippen molar-refractivity contribution in [2.75, 3.05) is 11.5 Å². The summed E-state index contributed by atoms with van der Waals surface area (Å²) in [5, 5.41) is 0. The SMILES string of the molecule is [O-][Cl+3]([O-])([O-])[O-].c1cc[n+](C2SCCS2)cc1. The predicted octanol–water partition coefficient (Wildman–Crippen LogP) is -2.85. The van der Waals surface area contributed by atoms with Crippen LogP contribution in [0.1, 0.15) is 4.71 Å². The van der Waals surface area contributed by atoms with Crippen LogP contribution in [0.2, 0.25) is 0 Å². The van der Waals surface area contributed by atoms with Gasteiger partial charge in [-0.2, -0.15) is 4.57 Å². The Morgan fingerprint density at radius 3 is 1.81 bits per heavy atom. The molecule has 0 aliphatic carbocycles. The average molecular weight is 284 g/mol. The van der Waals surface area contributed by atoms with E-state index in [1.54, 1.807) is 0 Å². The minimum absolute atomic E-state index is 0.621. The van der Waals surface area contributed by atoms with Crippen LogP contribution in [-0.2, 0) is 0 Å². The molecule has 1 aromatic rings. The first-order valence-electron chi connectivity index (χ1n) is 4.27. The Bertz CT molecular complexity index is 297. The van der Waals surface area contributed by atoms with Crippen molar-refractivity contribution < 1.29 is 33.4 Å². The molecule has 0 unspecified atom stereocenters. The summed E-state index contributed by atoms with van der Waals surface area (Å²) in [6.07, 6.45) is 4.27. The van der Waals surface area contributed by atoms with Gasteiger partial charge in [-0.25, -0.2) is 18.6 Å². The van der Waals surface area contributed by atoms with Crippen molar-refractivity contribution in [3.05, 3.63) is 30.6 Å². The third-order valence-electron chi connectivity index (χ3n) is 1.59. The van der Waals surface area contributed by atoms with Crippen LogP contribution in [0, 0.1) is 10.2 Å². The van der Waals surface area contributed by atoms with E-state index < -0.39 is 10.2 Å². The van der Waals surface area contributed by atoms with E-state index >= 15 is 0 Å². The minimum Gasteiger partial charge on any atom is -0.222 e. The first-order valence-corrected chi connectivity index (χ1v) is 7.61. The molecule has 5 nitrogen and oxygen atoms in total. The molecule has 0 atom stereocenters. The number of pyridine rings is 1. The number of aromatic nitrogens is 1. The average Bonchev–Trinajstić information content (AvgIpc) is 2.69. The fourth-order valence-corrected chi connectivity index (χ4v) is 3.83. The molecule has 0 saturated carbocycles. The maximum Gasteiger partial charge on any atom is 0.251 e. The van der Waals surface area contributed by atoms with Crippen LogP contribution < -0.4 is 23.2 Å². The zero-order chi connectivity index (χ0) is 12.0. The van der Waals surface area contributed by atoms with E-state index in [1.165, 1.54) is 11.5 Å². The molecule has 0 N–H and O–H groups in total. The number of hydrogen-bond acceptors (Lipinski definition) is 6. The van der Waals surface area contributed by atoms with Gasteiger partial charge in [-0.15, -0.1) is 10.2 Å². The maximum absolute atomic E-state index is 8.49. The maximum atomic E-state index is 8.49. The van der Waals surface area contributed by atoms with Crippen molar-refractivity contribution in [3.8, 4) is 0 Å². The molecule has 0 spiro atoms. The number of hydrogen-bond donors (Lipinski definition) is 0. The molecule has 1 aliphatic rings. The Morgan fingerprint density at radius 2 is 1.38 bits per heavy atom. The van der Waals surface area contributed by atoms with Gasteiger partial charge in [-0.1, -0.05) is 29.6 Å². The zero-order valence-electron chi connectivity index (χ0n) is 8.15.